The van der Waals surface area contributed by atoms with Gasteiger partial charge in [0.25, 0.3) is 0 Å². The van der Waals surface area contributed by atoms with Crippen LogP contribution in [0.15, 0.2) is 18.2 Å². The molecule has 2 nitrogen and oxygen atoms in total. The third-order valence-corrected chi connectivity index (χ3v) is 4.29. The average Bonchev–Trinajstić information content (AvgIpc) is 2.42. The van der Waals surface area contributed by atoms with Gasteiger partial charge in [0.05, 0.1) is 11.8 Å². The molecule has 1 aliphatic carbocycles. The summed E-state index contributed by atoms with van der Waals surface area (Å²) in [6.07, 6.45) is 7.89. The van der Waals surface area contributed by atoms with E-state index in [2.05, 4.69) is 30.4 Å². The highest BCUT2D eigenvalue weighted by atomic mass is 16.5. The van der Waals surface area contributed by atoms with Gasteiger partial charge in [0.1, 0.15) is 5.75 Å². The molecule has 1 N–H and O–H groups in total. The minimum atomic E-state index is 0.427. The van der Waals surface area contributed by atoms with E-state index >= 15 is 0 Å². The first-order valence-electron chi connectivity index (χ1n) is 7.35. The van der Waals surface area contributed by atoms with Crippen LogP contribution in [0.1, 0.15) is 44.6 Å². The molecule has 0 saturated heterocycles. The van der Waals surface area contributed by atoms with E-state index in [0.717, 1.165) is 18.2 Å². The lowest BCUT2D eigenvalue weighted by molar-refractivity contribution is 0.136. The van der Waals surface area contributed by atoms with Crippen molar-refractivity contribution < 1.29 is 4.74 Å². The van der Waals surface area contributed by atoms with Crippen LogP contribution in [0.4, 0.5) is 5.69 Å². The van der Waals surface area contributed by atoms with Crippen molar-refractivity contribution in [3.8, 4) is 5.75 Å². The highest BCUT2D eigenvalue weighted by molar-refractivity contribution is 5.63. The SMILES string of the molecule is CC1CCC(Oc2cccc3c2NCCC3)CC1. The van der Waals surface area contributed by atoms with Gasteiger partial charge in [-0.15, -0.1) is 0 Å². The summed E-state index contributed by atoms with van der Waals surface area (Å²) in [5, 5.41) is 3.50. The Kier molecular flexibility index (Phi) is 3.44. The minimum absolute atomic E-state index is 0.427. The van der Waals surface area contributed by atoms with Gasteiger partial charge in [-0.2, -0.15) is 0 Å². The summed E-state index contributed by atoms with van der Waals surface area (Å²) in [4.78, 5) is 0. The fourth-order valence-corrected chi connectivity index (χ4v) is 3.10. The molecule has 2 heteroatoms. The summed E-state index contributed by atoms with van der Waals surface area (Å²) in [6, 6.07) is 6.47. The summed E-state index contributed by atoms with van der Waals surface area (Å²) in [6.45, 7) is 3.43. The molecule has 0 bridgehead atoms. The fraction of sp³-hybridized carbons (Fsp3) is 0.625. The van der Waals surface area contributed by atoms with Crippen LogP contribution in [0, 0.1) is 5.92 Å². The van der Waals surface area contributed by atoms with Crippen LogP contribution in [0.25, 0.3) is 0 Å². The van der Waals surface area contributed by atoms with Gasteiger partial charge in [0.2, 0.25) is 0 Å². The minimum Gasteiger partial charge on any atom is -0.488 e. The van der Waals surface area contributed by atoms with Gasteiger partial charge >= 0.3 is 0 Å². The van der Waals surface area contributed by atoms with Crippen LogP contribution in [-0.2, 0) is 6.42 Å². The van der Waals surface area contributed by atoms with Crippen LogP contribution >= 0.6 is 0 Å². The molecular formula is C16H23NO. The topological polar surface area (TPSA) is 21.3 Å². The first-order chi connectivity index (χ1) is 8.83. The maximum atomic E-state index is 6.24. The molecule has 0 unspecified atom stereocenters. The normalized spacial score (nSPS) is 27.2. The van der Waals surface area contributed by atoms with E-state index in [1.807, 2.05) is 0 Å². The Labute approximate surface area is 110 Å². The molecule has 1 aliphatic heterocycles. The third-order valence-electron chi connectivity index (χ3n) is 4.29. The predicted octanol–water partition coefficient (Wildman–Crippen LogP) is 4.00. The molecule has 1 fully saturated rings. The van der Waals surface area contributed by atoms with E-state index in [9.17, 15) is 0 Å². The Bertz CT molecular complexity index is 408. The smallest absolute Gasteiger partial charge is 0.143 e. The second-order valence-electron chi connectivity index (χ2n) is 5.82. The number of fused-ring (bicyclic) bond motifs is 1. The summed E-state index contributed by atoms with van der Waals surface area (Å²) >= 11 is 0. The zero-order valence-electron chi connectivity index (χ0n) is 11.2. The summed E-state index contributed by atoms with van der Waals surface area (Å²) in [5.74, 6) is 1.96. The number of hydrogen-bond donors (Lipinski definition) is 1. The molecule has 18 heavy (non-hydrogen) atoms. The van der Waals surface area contributed by atoms with Crippen molar-refractivity contribution in [2.24, 2.45) is 5.92 Å². The summed E-state index contributed by atoms with van der Waals surface area (Å²) in [5.41, 5.74) is 2.67. The Morgan fingerprint density at radius 2 is 2.00 bits per heavy atom. The van der Waals surface area contributed by atoms with Crippen molar-refractivity contribution in [1.29, 1.82) is 0 Å². The third kappa shape index (κ3) is 2.47. The highest BCUT2D eigenvalue weighted by Crippen LogP contribution is 2.35. The van der Waals surface area contributed by atoms with Crippen LogP contribution < -0.4 is 10.1 Å². The number of nitrogens with one attached hydrogen (secondary N) is 1. The van der Waals surface area contributed by atoms with Gasteiger partial charge in [0.15, 0.2) is 0 Å². The number of benzene rings is 1. The molecule has 0 aromatic heterocycles. The van der Waals surface area contributed by atoms with Crippen molar-refractivity contribution in [3.05, 3.63) is 23.8 Å². The number of para-hydroxylation sites is 1. The highest BCUT2D eigenvalue weighted by Gasteiger charge is 2.21. The number of hydrogen-bond acceptors (Lipinski definition) is 2. The number of rotatable bonds is 2. The van der Waals surface area contributed by atoms with E-state index in [-0.39, 0.29) is 0 Å². The van der Waals surface area contributed by atoms with E-state index in [1.165, 1.54) is 49.8 Å². The zero-order valence-corrected chi connectivity index (χ0v) is 11.2. The van der Waals surface area contributed by atoms with Crippen LogP contribution in [0.5, 0.6) is 5.75 Å². The summed E-state index contributed by atoms with van der Waals surface area (Å²) in [7, 11) is 0. The van der Waals surface area contributed by atoms with Crippen LogP contribution in [0.3, 0.4) is 0 Å². The fourth-order valence-electron chi connectivity index (χ4n) is 3.10. The largest absolute Gasteiger partial charge is 0.488 e. The zero-order chi connectivity index (χ0) is 12.4. The predicted molar refractivity (Wildman–Crippen MR) is 75.3 cm³/mol. The van der Waals surface area contributed by atoms with Gasteiger partial charge in [-0.25, -0.2) is 0 Å². The quantitative estimate of drug-likeness (QED) is 0.850. The lowest BCUT2D eigenvalue weighted by Crippen LogP contribution is -2.24. The molecule has 1 heterocycles. The van der Waals surface area contributed by atoms with E-state index in [4.69, 9.17) is 4.74 Å². The van der Waals surface area contributed by atoms with Crippen molar-refractivity contribution in [1.82, 2.24) is 0 Å². The van der Waals surface area contributed by atoms with E-state index < -0.39 is 0 Å². The van der Waals surface area contributed by atoms with Crippen molar-refractivity contribution in [2.45, 2.75) is 51.6 Å². The summed E-state index contributed by atoms with van der Waals surface area (Å²) < 4.78 is 6.24. The molecule has 1 saturated carbocycles. The lowest BCUT2D eigenvalue weighted by atomic mass is 9.89. The second kappa shape index (κ2) is 5.21. The lowest BCUT2D eigenvalue weighted by Gasteiger charge is -2.29. The van der Waals surface area contributed by atoms with E-state index in [0.29, 0.717) is 6.10 Å². The van der Waals surface area contributed by atoms with Crippen molar-refractivity contribution in [2.75, 3.05) is 11.9 Å². The Morgan fingerprint density at radius 3 is 2.83 bits per heavy atom. The van der Waals surface area contributed by atoms with E-state index in [1.54, 1.807) is 0 Å². The molecule has 98 valence electrons. The van der Waals surface area contributed by atoms with Gasteiger partial charge < -0.3 is 10.1 Å². The molecule has 1 aromatic rings. The molecular weight excluding hydrogens is 222 g/mol. The first-order valence-corrected chi connectivity index (χ1v) is 7.35. The molecule has 0 amide bonds. The first kappa shape index (κ1) is 11.9. The second-order valence-corrected chi connectivity index (χ2v) is 5.82. The number of aryl methyl sites for hydroxylation is 1. The maximum Gasteiger partial charge on any atom is 0.143 e. The van der Waals surface area contributed by atoms with Gasteiger partial charge in [-0.05, 0) is 56.1 Å². The van der Waals surface area contributed by atoms with Gasteiger partial charge in [-0.3, -0.25) is 0 Å². The van der Waals surface area contributed by atoms with Gasteiger partial charge in [0, 0.05) is 6.54 Å². The Morgan fingerprint density at radius 1 is 1.17 bits per heavy atom. The average molecular weight is 245 g/mol. The van der Waals surface area contributed by atoms with Gasteiger partial charge in [-0.1, -0.05) is 19.1 Å². The Hall–Kier alpha value is -1.18. The number of ether oxygens (including phenoxy) is 1. The molecule has 3 rings (SSSR count). The Balaban J connectivity index is 1.72. The maximum absolute atomic E-state index is 6.24. The molecule has 0 atom stereocenters. The molecule has 0 radical (unpaired) electrons. The molecule has 2 aliphatic rings. The monoisotopic (exact) mass is 245 g/mol. The van der Waals surface area contributed by atoms with Crippen LogP contribution in [0.2, 0.25) is 0 Å². The number of anilines is 1. The molecule has 1 aromatic carbocycles. The van der Waals surface area contributed by atoms with Crippen LogP contribution in [-0.4, -0.2) is 12.6 Å². The van der Waals surface area contributed by atoms with Crippen molar-refractivity contribution >= 4 is 5.69 Å². The molecule has 0 spiro atoms. The standard InChI is InChI=1S/C16H23NO/c1-12-7-9-14(10-8-12)18-15-6-2-4-13-5-3-11-17-16(13)15/h2,4,6,12,14,17H,3,5,7-11H2,1H3. The van der Waals surface area contributed by atoms with Crippen molar-refractivity contribution in [3.63, 3.8) is 0 Å².